The number of fused-ring (bicyclic) bond motifs is 1. The second-order valence-corrected chi connectivity index (χ2v) is 8.99. The Kier molecular flexibility index (Phi) is 5.84. The van der Waals surface area contributed by atoms with E-state index in [1.807, 2.05) is 18.2 Å². The summed E-state index contributed by atoms with van der Waals surface area (Å²) in [6, 6.07) is 14.2. The third-order valence-corrected chi connectivity index (χ3v) is 6.07. The first kappa shape index (κ1) is 20.1. The zero-order chi connectivity index (χ0) is 20.3. The van der Waals surface area contributed by atoms with E-state index in [9.17, 15) is 18.0 Å². The second kappa shape index (κ2) is 8.14. The average Bonchev–Trinajstić information content (AvgIpc) is 2.65. The van der Waals surface area contributed by atoms with Crippen molar-refractivity contribution in [2.24, 2.45) is 0 Å². The van der Waals surface area contributed by atoms with Crippen LogP contribution in [0.4, 0.5) is 5.69 Å². The molecule has 0 saturated carbocycles. The van der Waals surface area contributed by atoms with Gasteiger partial charge in [0, 0.05) is 5.56 Å². The van der Waals surface area contributed by atoms with Crippen molar-refractivity contribution < 1.29 is 18.0 Å². The number of rotatable bonds is 6. The normalized spacial score (nSPS) is 16.1. The number of nitrogens with one attached hydrogen (secondary N) is 1. The smallest absolute Gasteiger partial charge is 0.241 e. The van der Waals surface area contributed by atoms with Crippen molar-refractivity contribution in [3.05, 3.63) is 65.2 Å². The number of ketones is 1. The fourth-order valence-electron chi connectivity index (χ4n) is 3.55. The molecule has 0 unspecified atom stereocenters. The van der Waals surface area contributed by atoms with Crippen molar-refractivity contribution in [1.82, 2.24) is 5.32 Å². The van der Waals surface area contributed by atoms with Crippen molar-refractivity contribution in [3.63, 3.8) is 0 Å². The van der Waals surface area contributed by atoms with E-state index in [-0.39, 0.29) is 24.3 Å². The van der Waals surface area contributed by atoms with Crippen LogP contribution in [-0.4, -0.2) is 32.9 Å². The summed E-state index contributed by atoms with van der Waals surface area (Å²) in [4.78, 5) is 24.3. The maximum atomic E-state index is 12.7. The number of aryl methyl sites for hydroxylation is 1. The Balaban J connectivity index is 1.80. The maximum absolute atomic E-state index is 12.7. The molecule has 0 aromatic heterocycles. The van der Waals surface area contributed by atoms with Gasteiger partial charge in [-0.1, -0.05) is 36.4 Å². The van der Waals surface area contributed by atoms with Gasteiger partial charge in [0.05, 0.1) is 18.0 Å². The summed E-state index contributed by atoms with van der Waals surface area (Å²) >= 11 is 0. The molecule has 1 aliphatic carbocycles. The van der Waals surface area contributed by atoms with Crippen molar-refractivity contribution in [1.29, 1.82) is 0 Å². The van der Waals surface area contributed by atoms with E-state index in [4.69, 9.17) is 0 Å². The molecule has 2 aromatic rings. The van der Waals surface area contributed by atoms with Gasteiger partial charge in [0.15, 0.2) is 5.78 Å². The van der Waals surface area contributed by atoms with E-state index in [1.165, 1.54) is 18.6 Å². The Morgan fingerprint density at radius 1 is 1.14 bits per heavy atom. The van der Waals surface area contributed by atoms with Crippen molar-refractivity contribution in [2.75, 3.05) is 17.1 Å². The van der Waals surface area contributed by atoms with Crippen LogP contribution in [0.1, 0.15) is 47.3 Å². The lowest BCUT2D eigenvalue weighted by Crippen LogP contribution is -2.42. The standard InChI is InChI=1S/C21H24N2O4S/c1-15(24)17-9-5-10-18(13-17)23(28(2,26)27)14-21(25)22-20-12-6-8-16-7-3-4-11-19(16)20/h3-5,7,9-11,13,20H,6,8,12,14H2,1-2H3,(H,22,25)/t20-/m0/s1. The highest BCUT2D eigenvalue weighted by molar-refractivity contribution is 7.92. The Morgan fingerprint density at radius 2 is 1.89 bits per heavy atom. The molecule has 0 saturated heterocycles. The summed E-state index contributed by atoms with van der Waals surface area (Å²) in [5.41, 5.74) is 3.00. The Hall–Kier alpha value is -2.67. The minimum absolute atomic E-state index is 0.123. The molecule has 1 atom stereocenters. The summed E-state index contributed by atoms with van der Waals surface area (Å²) in [5.74, 6) is -0.543. The van der Waals surface area contributed by atoms with Crippen LogP contribution in [-0.2, 0) is 21.2 Å². The SMILES string of the molecule is CC(=O)c1cccc(N(CC(=O)N[C@H]2CCCc3ccccc32)S(C)(=O)=O)c1. The molecule has 2 aromatic carbocycles. The van der Waals surface area contributed by atoms with Crippen molar-refractivity contribution in [3.8, 4) is 0 Å². The fraction of sp³-hybridized carbons (Fsp3) is 0.333. The highest BCUT2D eigenvalue weighted by Gasteiger charge is 2.25. The predicted octanol–water partition coefficient (Wildman–Crippen LogP) is 2.85. The zero-order valence-corrected chi connectivity index (χ0v) is 16.8. The van der Waals surface area contributed by atoms with Crippen LogP contribution in [0.2, 0.25) is 0 Å². The molecule has 0 bridgehead atoms. The van der Waals surface area contributed by atoms with Gasteiger partial charge in [-0.3, -0.25) is 13.9 Å². The molecule has 1 N–H and O–H groups in total. The number of benzene rings is 2. The van der Waals surface area contributed by atoms with Gasteiger partial charge in [0.25, 0.3) is 0 Å². The number of nitrogens with zero attached hydrogens (tertiary/aromatic N) is 1. The van der Waals surface area contributed by atoms with Gasteiger partial charge in [0.1, 0.15) is 6.54 Å². The quantitative estimate of drug-likeness (QED) is 0.756. The van der Waals surface area contributed by atoms with Crippen LogP contribution in [0.25, 0.3) is 0 Å². The molecule has 0 spiro atoms. The zero-order valence-electron chi connectivity index (χ0n) is 16.0. The Labute approximate surface area is 165 Å². The number of Topliss-reactive ketones (excluding diaryl/α,β-unsaturated/α-hetero) is 1. The average molecular weight is 401 g/mol. The van der Waals surface area contributed by atoms with Gasteiger partial charge in [-0.15, -0.1) is 0 Å². The molecule has 0 fully saturated rings. The molecule has 148 valence electrons. The molecule has 3 rings (SSSR count). The first-order valence-electron chi connectivity index (χ1n) is 9.21. The number of carbonyl (C=O) groups excluding carboxylic acids is 2. The molecule has 1 aliphatic rings. The second-order valence-electron chi connectivity index (χ2n) is 7.09. The summed E-state index contributed by atoms with van der Waals surface area (Å²) in [7, 11) is -3.70. The molecule has 0 radical (unpaired) electrons. The van der Waals surface area contributed by atoms with Gasteiger partial charge < -0.3 is 5.32 Å². The highest BCUT2D eigenvalue weighted by atomic mass is 32.2. The molecule has 0 aliphatic heterocycles. The van der Waals surface area contributed by atoms with E-state index >= 15 is 0 Å². The molecular formula is C21H24N2O4S. The summed E-state index contributed by atoms with van der Waals surface area (Å²) in [6.07, 6.45) is 3.83. The van der Waals surface area contributed by atoms with Gasteiger partial charge in [-0.05, 0) is 49.4 Å². The summed E-state index contributed by atoms with van der Waals surface area (Å²) < 4.78 is 25.6. The lowest BCUT2D eigenvalue weighted by molar-refractivity contribution is -0.120. The van der Waals surface area contributed by atoms with Gasteiger partial charge in [-0.2, -0.15) is 0 Å². The predicted molar refractivity (Wildman–Crippen MR) is 109 cm³/mol. The topological polar surface area (TPSA) is 83.6 Å². The number of carbonyl (C=O) groups is 2. The van der Waals surface area contributed by atoms with E-state index in [0.29, 0.717) is 11.3 Å². The molecule has 1 amide bonds. The van der Waals surface area contributed by atoms with Crippen LogP contribution < -0.4 is 9.62 Å². The number of anilines is 1. The first-order valence-corrected chi connectivity index (χ1v) is 11.1. The van der Waals surface area contributed by atoms with Crippen LogP contribution in [0.3, 0.4) is 0 Å². The molecule has 0 heterocycles. The van der Waals surface area contributed by atoms with E-state index in [2.05, 4.69) is 11.4 Å². The lowest BCUT2D eigenvalue weighted by Gasteiger charge is -2.28. The van der Waals surface area contributed by atoms with Crippen LogP contribution in [0.15, 0.2) is 48.5 Å². The monoisotopic (exact) mass is 400 g/mol. The van der Waals surface area contributed by atoms with Crippen LogP contribution in [0, 0.1) is 0 Å². The van der Waals surface area contributed by atoms with Crippen molar-refractivity contribution >= 4 is 27.4 Å². The maximum Gasteiger partial charge on any atom is 0.241 e. The van der Waals surface area contributed by atoms with E-state index in [0.717, 1.165) is 35.4 Å². The van der Waals surface area contributed by atoms with E-state index < -0.39 is 10.0 Å². The Bertz CT molecular complexity index is 1000. The molecular weight excluding hydrogens is 376 g/mol. The fourth-order valence-corrected chi connectivity index (χ4v) is 4.40. The van der Waals surface area contributed by atoms with E-state index in [1.54, 1.807) is 18.2 Å². The third-order valence-electron chi connectivity index (χ3n) is 4.93. The third kappa shape index (κ3) is 4.59. The largest absolute Gasteiger partial charge is 0.348 e. The molecule has 28 heavy (non-hydrogen) atoms. The Morgan fingerprint density at radius 3 is 2.61 bits per heavy atom. The highest BCUT2D eigenvalue weighted by Crippen LogP contribution is 2.29. The molecule has 6 nitrogen and oxygen atoms in total. The minimum Gasteiger partial charge on any atom is -0.348 e. The number of amides is 1. The lowest BCUT2D eigenvalue weighted by atomic mass is 9.88. The van der Waals surface area contributed by atoms with Crippen LogP contribution in [0.5, 0.6) is 0 Å². The molecule has 7 heteroatoms. The minimum atomic E-state index is -3.70. The number of hydrogen-bond donors (Lipinski definition) is 1. The number of hydrogen-bond acceptors (Lipinski definition) is 4. The number of sulfonamides is 1. The van der Waals surface area contributed by atoms with Gasteiger partial charge in [-0.25, -0.2) is 8.42 Å². The summed E-state index contributed by atoms with van der Waals surface area (Å²) in [5, 5.41) is 2.97. The van der Waals surface area contributed by atoms with Gasteiger partial charge >= 0.3 is 0 Å². The summed E-state index contributed by atoms with van der Waals surface area (Å²) in [6.45, 7) is 1.08. The van der Waals surface area contributed by atoms with Crippen LogP contribution >= 0.6 is 0 Å². The first-order chi connectivity index (χ1) is 13.3. The van der Waals surface area contributed by atoms with Crippen molar-refractivity contribution in [2.45, 2.75) is 32.2 Å². The van der Waals surface area contributed by atoms with Gasteiger partial charge in [0.2, 0.25) is 15.9 Å².